The number of hydrogen-bond acceptors (Lipinski definition) is 2. The van der Waals surface area contributed by atoms with Crippen LogP contribution in [-0.2, 0) is 6.42 Å². The van der Waals surface area contributed by atoms with Crippen molar-refractivity contribution in [3.63, 3.8) is 0 Å². The summed E-state index contributed by atoms with van der Waals surface area (Å²) >= 11 is 1.88. The van der Waals surface area contributed by atoms with Gasteiger partial charge in [0.05, 0.1) is 0 Å². The Kier molecular flexibility index (Phi) is 4.33. The Hall–Kier alpha value is -0.470. The van der Waals surface area contributed by atoms with Gasteiger partial charge in [0, 0.05) is 4.90 Å². The first-order chi connectivity index (χ1) is 6.27. The van der Waals surface area contributed by atoms with E-state index >= 15 is 0 Å². The predicted octanol–water partition coefficient (Wildman–Crippen LogP) is 2.61. The molecule has 1 nitrogen and oxygen atoms in total. The van der Waals surface area contributed by atoms with Crippen molar-refractivity contribution in [1.82, 2.24) is 0 Å². The topological polar surface area (TPSA) is 26.0 Å². The Morgan fingerprint density at radius 2 is 2.15 bits per heavy atom. The predicted molar refractivity (Wildman–Crippen MR) is 60.3 cm³/mol. The Morgan fingerprint density at radius 1 is 1.38 bits per heavy atom. The lowest BCUT2D eigenvalue weighted by Gasteiger charge is -2.06. The molecule has 0 saturated carbocycles. The van der Waals surface area contributed by atoms with Crippen LogP contribution in [0.3, 0.4) is 0 Å². The second kappa shape index (κ2) is 5.30. The zero-order valence-electron chi connectivity index (χ0n) is 8.34. The summed E-state index contributed by atoms with van der Waals surface area (Å²) in [6.07, 6.45) is 0.989. The molecule has 1 aromatic carbocycles. The largest absolute Gasteiger partial charge is 0.330 e. The van der Waals surface area contributed by atoms with Gasteiger partial charge in [-0.05, 0) is 48.9 Å². The summed E-state index contributed by atoms with van der Waals surface area (Å²) in [5, 5.41) is 0. The zero-order valence-corrected chi connectivity index (χ0v) is 9.16. The van der Waals surface area contributed by atoms with E-state index in [0.29, 0.717) is 0 Å². The lowest BCUT2D eigenvalue weighted by atomic mass is 10.1. The number of nitrogens with two attached hydrogens (primary N) is 1. The van der Waals surface area contributed by atoms with Gasteiger partial charge in [-0.1, -0.05) is 13.0 Å². The Bertz CT molecular complexity index is 271. The molecule has 2 N–H and O–H groups in total. The summed E-state index contributed by atoms with van der Waals surface area (Å²) in [6.45, 7) is 5.07. The van der Waals surface area contributed by atoms with Gasteiger partial charge in [-0.3, -0.25) is 0 Å². The number of hydrogen-bond donors (Lipinski definition) is 1. The zero-order chi connectivity index (χ0) is 9.68. The van der Waals surface area contributed by atoms with E-state index in [1.54, 1.807) is 0 Å². The minimum atomic E-state index is 0.737. The van der Waals surface area contributed by atoms with Crippen molar-refractivity contribution >= 4 is 11.8 Å². The second-order valence-corrected chi connectivity index (χ2v) is 4.40. The van der Waals surface area contributed by atoms with Crippen LogP contribution < -0.4 is 5.73 Å². The summed E-state index contributed by atoms with van der Waals surface area (Å²) in [5.74, 6) is 1.13. The van der Waals surface area contributed by atoms with Crippen LogP contribution in [0.15, 0.2) is 23.1 Å². The van der Waals surface area contributed by atoms with Gasteiger partial charge in [0.15, 0.2) is 0 Å². The van der Waals surface area contributed by atoms with Gasteiger partial charge in [0.1, 0.15) is 0 Å². The molecule has 0 amide bonds. The number of aryl methyl sites for hydroxylation is 1. The summed E-state index contributed by atoms with van der Waals surface area (Å²) in [4.78, 5) is 1.36. The van der Waals surface area contributed by atoms with E-state index < -0.39 is 0 Å². The van der Waals surface area contributed by atoms with E-state index in [4.69, 9.17) is 5.73 Å². The standard InChI is InChI=1S/C11H17NS/c1-3-13-11-5-4-10(6-7-12)9(2)8-11/h4-5,8H,3,6-7,12H2,1-2H3. The molecule has 0 aliphatic heterocycles. The summed E-state index contributed by atoms with van der Waals surface area (Å²) in [6, 6.07) is 6.63. The molecular formula is C11H17NS. The van der Waals surface area contributed by atoms with E-state index in [1.165, 1.54) is 16.0 Å². The summed E-state index contributed by atoms with van der Waals surface area (Å²) in [7, 11) is 0. The molecular weight excluding hydrogens is 178 g/mol. The number of benzene rings is 1. The molecule has 0 radical (unpaired) electrons. The second-order valence-electron chi connectivity index (χ2n) is 3.06. The van der Waals surface area contributed by atoms with Crippen LogP contribution in [-0.4, -0.2) is 12.3 Å². The van der Waals surface area contributed by atoms with Gasteiger partial charge in [0.25, 0.3) is 0 Å². The van der Waals surface area contributed by atoms with Gasteiger partial charge in [-0.2, -0.15) is 0 Å². The van der Waals surface area contributed by atoms with Gasteiger partial charge >= 0.3 is 0 Å². The number of thioether (sulfide) groups is 1. The van der Waals surface area contributed by atoms with Crippen LogP contribution in [0.1, 0.15) is 18.1 Å². The highest BCUT2D eigenvalue weighted by Gasteiger charge is 1.98. The van der Waals surface area contributed by atoms with E-state index in [1.807, 2.05) is 11.8 Å². The van der Waals surface area contributed by atoms with E-state index in [0.717, 1.165) is 18.7 Å². The molecule has 0 fully saturated rings. The van der Waals surface area contributed by atoms with Crippen molar-refractivity contribution < 1.29 is 0 Å². The lowest BCUT2D eigenvalue weighted by molar-refractivity contribution is 0.954. The average Bonchev–Trinajstić information content (AvgIpc) is 2.10. The molecule has 0 saturated heterocycles. The molecule has 0 aromatic heterocycles. The first kappa shape index (κ1) is 10.6. The molecule has 0 unspecified atom stereocenters. The van der Waals surface area contributed by atoms with Gasteiger partial charge in [0.2, 0.25) is 0 Å². The maximum absolute atomic E-state index is 5.52. The minimum absolute atomic E-state index is 0.737. The SMILES string of the molecule is CCSc1ccc(CCN)c(C)c1. The van der Waals surface area contributed by atoms with Crippen LogP contribution >= 0.6 is 11.8 Å². The fourth-order valence-corrected chi connectivity index (χ4v) is 2.12. The molecule has 0 spiro atoms. The summed E-state index contributed by atoms with van der Waals surface area (Å²) in [5.41, 5.74) is 8.26. The molecule has 0 bridgehead atoms. The first-order valence-electron chi connectivity index (χ1n) is 4.70. The molecule has 72 valence electrons. The molecule has 1 aromatic rings. The summed E-state index contributed by atoms with van der Waals surface area (Å²) < 4.78 is 0. The molecule has 0 atom stereocenters. The van der Waals surface area contributed by atoms with Gasteiger partial charge < -0.3 is 5.73 Å². The monoisotopic (exact) mass is 195 g/mol. The minimum Gasteiger partial charge on any atom is -0.330 e. The Balaban J connectivity index is 2.79. The maximum Gasteiger partial charge on any atom is 0.00746 e. The maximum atomic E-state index is 5.52. The van der Waals surface area contributed by atoms with Crippen LogP contribution in [0.25, 0.3) is 0 Å². The van der Waals surface area contributed by atoms with Gasteiger partial charge in [-0.15, -0.1) is 11.8 Å². The molecule has 1 rings (SSSR count). The van der Waals surface area contributed by atoms with Crippen LogP contribution in [0, 0.1) is 6.92 Å². The molecule has 0 aliphatic rings. The smallest absolute Gasteiger partial charge is 0.00746 e. The third-order valence-corrected chi connectivity index (χ3v) is 2.91. The normalized spacial score (nSPS) is 10.4. The van der Waals surface area contributed by atoms with Gasteiger partial charge in [-0.25, -0.2) is 0 Å². The molecule has 0 aliphatic carbocycles. The molecule has 0 heterocycles. The lowest BCUT2D eigenvalue weighted by Crippen LogP contribution is -2.03. The van der Waals surface area contributed by atoms with Crippen molar-refractivity contribution in [3.8, 4) is 0 Å². The van der Waals surface area contributed by atoms with Crippen molar-refractivity contribution in [3.05, 3.63) is 29.3 Å². The van der Waals surface area contributed by atoms with E-state index in [-0.39, 0.29) is 0 Å². The van der Waals surface area contributed by atoms with Crippen molar-refractivity contribution in [2.45, 2.75) is 25.2 Å². The van der Waals surface area contributed by atoms with Crippen LogP contribution in [0.4, 0.5) is 0 Å². The van der Waals surface area contributed by atoms with Crippen molar-refractivity contribution in [2.24, 2.45) is 5.73 Å². The van der Waals surface area contributed by atoms with E-state index in [2.05, 4.69) is 32.0 Å². The average molecular weight is 195 g/mol. The molecule has 13 heavy (non-hydrogen) atoms. The first-order valence-corrected chi connectivity index (χ1v) is 5.69. The quantitative estimate of drug-likeness (QED) is 0.747. The fourth-order valence-electron chi connectivity index (χ4n) is 1.36. The highest BCUT2D eigenvalue weighted by molar-refractivity contribution is 7.99. The Morgan fingerprint density at radius 3 is 2.69 bits per heavy atom. The third kappa shape index (κ3) is 3.05. The Labute approximate surface area is 84.7 Å². The van der Waals surface area contributed by atoms with Crippen LogP contribution in [0.2, 0.25) is 0 Å². The highest BCUT2D eigenvalue weighted by Crippen LogP contribution is 2.20. The molecule has 2 heteroatoms. The fraction of sp³-hybridized carbons (Fsp3) is 0.455. The van der Waals surface area contributed by atoms with Crippen molar-refractivity contribution in [1.29, 1.82) is 0 Å². The third-order valence-electron chi connectivity index (χ3n) is 2.04. The number of rotatable bonds is 4. The van der Waals surface area contributed by atoms with E-state index in [9.17, 15) is 0 Å². The van der Waals surface area contributed by atoms with Crippen molar-refractivity contribution in [2.75, 3.05) is 12.3 Å². The van der Waals surface area contributed by atoms with Crippen LogP contribution in [0.5, 0.6) is 0 Å². The highest BCUT2D eigenvalue weighted by atomic mass is 32.2.